The van der Waals surface area contributed by atoms with E-state index in [1.54, 1.807) is 6.26 Å². The summed E-state index contributed by atoms with van der Waals surface area (Å²) >= 11 is 6.20. The van der Waals surface area contributed by atoms with Crippen LogP contribution in [0.25, 0.3) is 21.9 Å². The topological polar surface area (TPSA) is 41.0 Å². The predicted octanol–water partition coefficient (Wildman–Crippen LogP) is 5.00. The summed E-state index contributed by atoms with van der Waals surface area (Å²) in [4.78, 5) is 3.60. The normalized spacial score (nSPS) is 17.5. The molecule has 2 aromatic carbocycles. The van der Waals surface area contributed by atoms with E-state index >= 15 is 0 Å². The quantitative estimate of drug-likeness (QED) is 0.541. The maximum Gasteiger partial charge on any atom is 0.137 e. The zero-order valence-electron chi connectivity index (χ0n) is 13.1. The minimum atomic E-state index is 0.260. The Kier molecular flexibility index (Phi) is 3.18. The van der Waals surface area contributed by atoms with Crippen molar-refractivity contribution in [1.82, 2.24) is 10.3 Å². The van der Waals surface area contributed by atoms with Crippen LogP contribution in [0.15, 0.2) is 53.1 Å². The molecule has 120 valence electrons. The first kappa shape index (κ1) is 14.1. The minimum Gasteiger partial charge on any atom is -0.464 e. The maximum absolute atomic E-state index is 6.20. The summed E-state index contributed by atoms with van der Waals surface area (Å²) in [6.45, 7) is 0.977. The van der Waals surface area contributed by atoms with Gasteiger partial charge in [-0.3, -0.25) is 0 Å². The number of halogens is 1. The molecule has 5 rings (SSSR count). The number of para-hydroxylation sites is 1. The molecule has 0 saturated heterocycles. The molecule has 1 unspecified atom stereocenters. The number of rotatable bonds is 2. The van der Waals surface area contributed by atoms with Crippen LogP contribution in [-0.2, 0) is 12.8 Å². The smallest absolute Gasteiger partial charge is 0.137 e. The summed E-state index contributed by atoms with van der Waals surface area (Å²) in [6, 6.07) is 14.7. The lowest BCUT2D eigenvalue weighted by atomic mass is 9.94. The zero-order chi connectivity index (χ0) is 16.1. The molecule has 1 aliphatic heterocycles. The summed E-state index contributed by atoms with van der Waals surface area (Å²) < 4.78 is 5.70. The van der Waals surface area contributed by atoms with Crippen molar-refractivity contribution in [3.05, 3.63) is 70.6 Å². The van der Waals surface area contributed by atoms with Crippen LogP contribution in [-0.4, -0.2) is 11.5 Å². The van der Waals surface area contributed by atoms with Gasteiger partial charge >= 0.3 is 0 Å². The van der Waals surface area contributed by atoms with Crippen LogP contribution in [0.4, 0.5) is 0 Å². The highest BCUT2D eigenvalue weighted by Crippen LogP contribution is 2.34. The Hall–Kier alpha value is -2.23. The lowest BCUT2D eigenvalue weighted by molar-refractivity contribution is 0.492. The number of H-pyrrole nitrogens is 1. The summed E-state index contributed by atoms with van der Waals surface area (Å²) in [7, 11) is 0. The molecule has 4 heteroatoms. The minimum absolute atomic E-state index is 0.260. The summed E-state index contributed by atoms with van der Waals surface area (Å²) in [5, 5.41) is 6.85. The van der Waals surface area contributed by atoms with Gasteiger partial charge in [0.05, 0.1) is 12.3 Å². The van der Waals surface area contributed by atoms with Crippen molar-refractivity contribution in [1.29, 1.82) is 0 Å². The first-order valence-corrected chi connectivity index (χ1v) is 8.66. The number of fused-ring (bicyclic) bond motifs is 4. The molecule has 0 bridgehead atoms. The number of hydrogen-bond acceptors (Lipinski definition) is 2. The van der Waals surface area contributed by atoms with E-state index < -0.39 is 0 Å². The van der Waals surface area contributed by atoms with Crippen molar-refractivity contribution >= 4 is 33.5 Å². The Morgan fingerprint density at radius 2 is 2.12 bits per heavy atom. The number of benzene rings is 2. The van der Waals surface area contributed by atoms with E-state index in [0.29, 0.717) is 0 Å². The molecule has 0 amide bonds. The van der Waals surface area contributed by atoms with Crippen LogP contribution in [0.3, 0.4) is 0 Å². The monoisotopic (exact) mass is 336 g/mol. The van der Waals surface area contributed by atoms with Gasteiger partial charge in [-0.05, 0) is 54.8 Å². The number of furan rings is 1. The molecule has 2 N–H and O–H groups in total. The van der Waals surface area contributed by atoms with Crippen molar-refractivity contribution in [3.63, 3.8) is 0 Å². The average molecular weight is 337 g/mol. The second kappa shape index (κ2) is 5.40. The number of nitrogens with one attached hydrogen (secondary N) is 2. The Morgan fingerprint density at radius 3 is 3.08 bits per heavy atom. The van der Waals surface area contributed by atoms with E-state index in [1.807, 2.05) is 12.1 Å². The highest BCUT2D eigenvalue weighted by Gasteiger charge is 2.25. The molecule has 0 spiro atoms. The second-order valence-corrected chi connectivity index (χ2v) is 6.86. The standard InChI is InChI=1S/C20H17ClN2O/c21-14-4-5-17-16(11-14)15-6-8-22-18(19(15)23-17)10-13-3-1-2-12-7-9-24-20(12)13/h1-5,7,9,11,18,22-23H,6,8,10H2. The van der Waals surface area contributed by atoms with Gasteiger partial charge in [0, 0.05) is 27.0 Å². The Bertz CT molecular complexity index is 1050. The molecule has 1 atom stereocenters. The first-order chi connectivity index (χ1) is 11.8. The first-order valence-electron chi connectivity index (χ1n) is 8.28. The fourth-order valence-electron chi connectivity index (χ4n) is 3.89. The average Bonchev–Trinajstić information content (AvgIpc) is 3.20. The van der Waals surface area contributed by atoms with E-state index in [-0.39, 0.29) is 6.04 Å². The highest BCUT2D eigenvalue weighted by molar-refractivity contribution is 6.31. The molecule has 3 heterocycles. The van der Waals surface area contributed by atoms with Gasteiger partial charge < -0.3 is 14.7 Å². The van der Waals surface area contributed by atoms with Crippen LogP contribution in [0.2, 0.25) is 5.02 Å². The largest absolute Gasteiger partial charge is 0.464 e. The molecule has 2 aromatic heterocycles. The Morgan fingerprint density at radius 1 is 1.17 bits per heavy atom. The third-order valence-corrected chi connectivity index (χ3v) is 5.24. The molecular formula is C20H17ClN2O. The molecule has 0 radical (unpaired) electrons. The van der Waals surface area contributed by atoms with Crippen molar-refractivity contribution < 1.29 is 4.42 Å². The van der Waals surface area contributed by atoms with Gasteiger partial charge in [0.15, 0.2) is 0 Å². The van der Waals surface area contributed by atoms with Gasteiger partial charge in [0.1, 0.15) is 5.58 Å². The van der Waals surface area contributed by atoms with Crippen molar-refractivity contribution in [2.45, 2.75) is 18.9 Å². The molecular weight excluding hydrogens is 320 g/mol. The molecule has 0 fully saturated rings. The molecule has 0 aliphatic carbocycles. The van der Waals surface area contributed by atoms with Crippen LogP contribution in [0.1, 0.15) is 22.9 Å². The number of aromatic amines is 1. The molecule has 0 saturated carbocycles. The van der Waals surface area contributed by atoms with Crippen molar-refractivity contribution in [2.75, 3.05) is 6.54 Å². The molecule has 1 aliphatic rings. The Balaban J connectivity index is 1.59. The molecule has 3 nitrogen and oxygen atoms in total. The fraction of sp³-hybridized carbons (Fsp3) is 0.200. The summed E-state index contributed by atoms with van der Waals surface area (Å²) in [5.41, 5.74) is 6.06. The van der Waals surface area contributed by atoms with Gasteiger partial charge in [0.2, 0.25) is 0 Å². The molecule has 4 aromatic rings. The van der Waals surface area contributed by atoms with Gasteiger partial charge in [-0.25, -0.2) is 0 Å². The number of aromatic nitrogens is 1. The third kappa shape index (κ3) is 2.16. The van der Waals surface area contributed by atoms with E-state index in [1.165, 1.54) is 22.2 Å². The zero-order valence-corrected chi connectivity index (χ0v) is 13.9. The lowest BCUT2D eigenvalue weighted by Gasteiger charge is -2.24. The highest BCUT2D eigenvalue weighted by atomic mass is 35.5. The second-order valence-electron chi connectivity index (χ2n) is 6.42. The van der Waals surface area contributed by atoms with E-state index in [4.69, 9.17) is 16.0 Å². The van der Waals surface area contributed by atoms with Crippen LogP contribution in [0, 0.1) is 0 Å². The van der Waals surface area contributed by atoms with Gasteiger partial charge in [-0.2, -0.15) is 0 Å². The maximum atomic E-state index is 6.20. The SMILES string of the molecule is Clc1ccc2[nH]c3c(c2c1)CCNC3Cc1cccc2ccoc12. The third-order valence-electron chi connectivity index (χ3n) is 5.00. The summed E-state index contributed by atoms with van der Waals surface area (Å²) in [6.07, 6.45) is 3.69. The van der Waals surface area contributed by atoms with Crippen LogP contribution < -0.4 is 5.32 Å². The van der Waals surface area contributed by atoms with Gasteiger partial charge in [-0.1, -0.05) is 29.8 Å². The van der Waals surface area contributed by atoms with E-state index in [9.17, 15) is 0 Å². The molecule has 24 heavy (non-hydrogen) atoms. The number of hydrogen-bond donors (Lipinski definition) is 2. The van der Waals surface area contributed by atoms with Crippen molar-refractivity contribution in [3.8, 4) is 0 Å². The van der Waals surface area contributed by atoms with E-state index in [0.717, 1.165) is 40.9 Å². The van der Waals surface area contributed by atoms with Crippen LogP contribution in [0.5, 0.6) is 0 Å². The van der Waals surface area contributed by atoms with Crippen LogP contribution >= 0.6 is 11.6 Å². The summed E-state index contributed by atoms with van der Waals surface area (Å²) in [5.74, 6) is 0. The lowest BCUT2D eigenvalue weighted by Crippen LogP contribution is -2.31. The van der Waals surface area contributed by atoms with E-state index in [2.05, 4.69) is 40.6 Å². The Labute approximate surface area is 144 Å². The van der Waals surface area contributed by atoms with Gasteiger partial charge in [0.25, 0.3) is 0 Å². The van der Waals surface area contributed by atoms with Gasteiger partial charge in [-0.15, -0.1) is 0 Å². The van der Waals surface area contributed by atoms with Crippen molar-refractivity contribution in [2.24, 2.45) is 0 Å². The fourth-order valence-corrected chi connectivity index (χ4v) is 4.06. The predicted molar refractivity (Wildman–Crippen MR) is 97.7 cm³/mol.